The number of rotatable bonds is 5. The second kappa shape index (κ2) is 7.28. The maximum absolute atomic E-state index is 5.91. The molecule has 2 unspecified atom stereocenters. The predicted molar refractivity (Wildman–Crippen MR) is 86.9 cm³/mol. The van der Waals surface area contributed by atoms with Crippen molar-refractivity contribution in [2.45, 2.75) is 51.1 Å². The van der Waals surface area contributed by atoms with Crippen LogP contribution in [0.15, 0.2) is 24.3 Å². The molecule has 2 saturated heterocycles. The first-order chi connectivity index (χ1) is 10.3. The van der Waals surface area contributed by atoms with Crippen molar-refractivity contribution in [1.29, 1.82) is 0 Å². The molecule has 0 aromatic heterocycles. The number of nitrogens with zero attached hydrogens (tertiary/aromatic N) is 1. The predicted octanol–water partition coefficient (Wildman–Crippen LogP) is 2.98. The molecule has 2 atom stereocenters. The van der Waals surface area contributed by atoms with Crippen LogP contribution in [0.3, 0.4) is 0 Å². The molecule has 0 saturated carbocycles. The second-order valence-electron chi connectivity index (χ2n) is 6.46. The van der Waals surface area contributed by atoms with Gasteiger partial charge in [0.15, 0.2) is 0 Å². The lowest BCUT2D eigenvalue weighted by Gasteiger charge is -2.39. The summed E-state index contributed by atoms with van der Waals surface area (Å²) in [6.45, 7) is 6.40. The second-order valence-corrected chi connectivity index (χ2v) is 6.46. The van der Waals surface area contributed by atoms with E-state index in [2.05, 4.69) is 41.4 Å². The third-order valence-electron chi connectivity index (χ3n) is 4.90. The molecule has 1 N–H and O–H groups in total. The van der Waals surface area contributed by atoms with Crippen molar-refractivity contribution < 1.29 is 4.74 Å². The first-order valence-corrected chi connectivity index (χ1v) is 8.50. The standard InChI is InChI=1S/C18H28N2O/c1-15-7-9-16(10-8-15)21-14-13-20-12-3-2-6-18(20)17-5-4-11-19-17/h7-10,17-19H,2-6,11-14H2,1H3. The van der Waals surface area contributed by atoms with Crippen molar-refractivity contribution in [2.75, 3.05) is 26.2 Å². The monoisotopic (exact) mass is 288 g/mol. The lowest BCUT2D eigenvalue weighted by atomic mass is 9.94. The molecule has 3 heteroatoms. The molecule has 2 heterocycles. The molecule has 1 aromatic carbocycles. The van der Waals surface area contributed by atoms with Gasteiger partial charge in [0.1, 0.15) is 12.4 Å². The first-order valence-electron chi connectivity index (χ1n) is 8.50. The molecule has 0 spiro atoms. The quantitative estimate of drug-likeness (QED) is 0.901. The highest BCUT2D eigenvalue weighted by atomic mass is 16.5. The molecular weight excluding hydrogens is 260 g/mol. The smallest absolute Gasteiger partial charge is 0.119 e. The molecule has 2 aliphatic rings. The number of piperidine rings is 1. The van der Waals surface area contributed by atoms with Crippen LogP contribution < -0.4 is 10.1 Å². The Morgan fingerprint density at radius 1 is 1.14 bits per heavy atom. The highest BCUT2D eigenvalue weighted by Gasteiger charge is 2.31. The number of nitrogens with one attached hydrogen (secondary N) is 1. The van der Waals surface area contributed by atoms with E-state index in [-0.39, 0.29) is 0 Å². The maximum Gasteiger partial charge on any atom is 0.119 e. The lowest BCUT2D eigenvalue weighted by molar-refractivity contribution is 0.101. The van der Waals surface area contributed by atoms with Gasteiger partial charge in [-0.05, 0) is 57.8 Å². The Bertz CT molecular complexity index is 425. The number of hydrogen-bond donors (Lipinski definition) is 1. The Hall–Kier alpha value is -1.06. The van der Waals surface area contributed by atoms with Crippen LogP contribution in [0.2, 0.25) is 0 Å². The van der Waals surface area contributed by atoms with Gasteiger partial charge < -0.3 is 10.1 Å². The van der Waals surface area contributed by atoms with Crippen LogP contribution in [-0.2, 0) is 0 Å². The van der Waals surface area contributed by atoms with Crippen molar-refractivity contribution >= 4 is 0 Å². The Morgan fingerprint density at radius 2 is 2.00 bits per heavy atom. The van der Waals surface area contributed by atoms with Gasteiger partial charge in [0.2, 0.25) is 0 Å². The number of benzene rings is 1. The lowest BCUT2D eigenvalue weighted by Crippen LogP contribution is -2.51. The van der Waals surface area contributed by atoms with Gasteiger partial charge >= 0.3 is 0 Å². The van der Waals surface area contributed by atoms with Crippen molar-refractivity contribution in [3.63, 3.8) is 0 Å². The van der Waals surface area contributed by atoms with Crippen LogP contribution in [-0.4, -0.2) is 43.2 Å². The summed E-state index contributed by atoms with van der Waals surface area (Å²) in [4.78, 5) is 2.65. The number of hydrogen-bond acceptors (Lipinski definition) is 3. The molecule has 0 radical (unpaired) electrons. The average Bonchev–Trinajstić information content (AvgIpc) is 3.04. The zero-order valence-corrected chi connectivity index (χ0v) is 13.2. The van der Waals surface area contributed by atoms with Crippen LogP contribution in [0.25, 0.3) is 0 Å². The van der Waals surface area contributed by atoms with E-state index in [1.807, 2.05) is 0 Å². The average molecular weight is 288 g/mol. The molecule has 21 heavy (non-hydrogen) atoms. The fraction of sp³-hybridized carbons (Fsp3) is 0.667. The van der Waals surface area contributed by atoms with E-state index in [0.717, 1.165) is 24.9 Å². The largest absolute Gasteiger partial charge is 0.492 e. The van der Waals surface area contributed by atoms with Crippen LogP contribution in [0.1, 0.15) is 37.7 Å². The fourth-order valence-corrected chi connectivity index (χ4v) is 3.71. The van der Waals surface area contributed by atoms with Crippen LogP contribution in [0.5, 0.6) is 5.75 Å². The summed E-state index contributed by atoms with van der Waals surface area (Å²) >= 11 is 0. The van der Waals surface area contributed by atoms with Gasteiger partial charge in [0.05, 0.1) is 0 Å². The zero-order valence-electron chi connectivity index (χ0n) is 13.2. The van der Waals surface area contributed by atoms with Crippen molar-refractivity contribution in [2.24, 2.45) is 0 Å². The van der Waals surface area contributed by atoms with E-state index in [1.165, 1.54) is 50.8 Å². The highest BCUT2D eigenvalue weighted by Crippen LogP contribution is 2.24. The van der Waals surface area contributed by atoms with Gasteiger partial charge in [-0.1, -0.05) is 24.1 Å². The molecule has 0 aliphatic carbocycles. The normalized spacial score (nSPS) is 26.9. The Morgan fingerprint density at radius 3 is 2.76 bits per heavy atom. The minimum atomic E-state index is 0.713. The third kappa shape index (κ3) is 3.98. The van der Waals surface area contributed by atoms with E-state index < -0.39 is 0 Å². The van der Waals surface area contributed by atoms with E-state index in [1.54, 1.807) is 0 Å². The summed E-state index contributed by atoms with van der Waals surface area (Å²) in [5.41, 5.74) is 1.28. The van der Waals surface area contributed by atoms with Crippen molar-refractivity contribution in [3.05, 3.63) is 29.8 Å². The van der Waals surface area contributed by atoms with Crippen LogP contribution >= 0.6 is 0 Å². The SMILES string of the molecule is Cc1ccc(OCCN2CCCCC2C2CCCN2)cc1. The molecule has 116 valence electrons. The van der Waals surface area contributed by atoms with Gasteiger partial charge in [0.25, 0.3) is 0 Å². The summed E-state index contributed by atoms with van der Waals surface area (Å²) in [7, 11) is 0. The fourth-order valence-electron chi connectivity index (χ4n) is 3.71. The first kappa shape index (κ1) is 14.9. The molecule has 1 aromatic rings. The van der Waals surface area contributed by atoms with Gasteiger partial charge in [0, 0.05) is 18.6 Å². The van der Waals surface area contributed by atoms with E-state index >= 15 is 0 Å². The van der Waals surface area contributed by atoms with Crippen molar-refractivity contribution in [1.82, 2.24) is 10.2 Å². The molecule has 3 rings (SSSR count). The third-order valence-corrected chi connectivity index (χ3v) is 4.90. The summed E-state index contributed by atoms with van der Waals surface area (Å²) in [6.07, 6.45) is 6.77. The number of ether oxygens (including phenoxy) is 1. The molecule has 3 nitrogen and oxygen atoms in total. The van der Waals surface area contributed by atoms with Crippen LogP contribution in [0, 0.1) is 6.92 Å². The zero-order chi connectivity index (χ0) is 14.5. The Kier molecular flexibility index (Phi) is 5.15. The topological polar surface area (TPSA) is 24.5 Å². The van der Waals surface area contributed by atoms with Crippen molar-refractivity contribution in [3.8, 4) is 5.75 Å². The summed E-state index contributed by atoms with van der Waals surface area (Å²) in [5, 5.41) is 3.69. The van der Waals surface area contributed by atoms with Gasteiger partial charge in [-0.3, -0.25) is 4.90 Å². The minimum absolute atomic E-state index is 0.713. The Labute approximate surface area is 128 Å². The summed E-state index contributed by atoms with van der Waals surface area (Å²) in [5.74, 6) is 0.994. The minimum Gasteiger partial charge on any atom is -0.492 e. The maximum atomic E-state index is 5.91. The van der Waals surface area contributed by atoms with E-state index in [4.69, 9.17) is 4.74 Å². The molecular formula is C18H28N2O. The van der Waals surface area contributed by atoms with Crippen LogP contribution in [0.4, 0.5) is 0 Å². The van der Waals surface area contributed by atoms with Gasteiger partial charge in [-0.15, -0.1) is 0 Å². The van der Waals surface area contributed by atoms with Gasteiger partial charge in [-0.2, -0.15) is 0 Å². The molecule has 2 fully saturated rings. The summed E-state index contributed by atoms with van der Waals surface area (Å²) in [6, 6.07) is 9.80. The number of aryl methyl sites for hydroxylation is 1. The Balaban J connectivity index is 1.49. The molecule has 0 amide bonds. The van der Waals surface area contributed by atoms with E-state index in [0.29, 0.717) is 6.04 Å². The summed E-state index contributed by atoms with van der Waals surface area (Å²) < 4.78 is 5.91. The highest BCUT2D eigenvalue weighted by molar-refractivity contribution is 5.26. The molecule has 0 bridgehead atoms. The van der Waals surface area contributed by atoms with Gasteiger partial charge in [-0.25, -0.2) is 0 Å². The molecule has 2 aliphatic heterocycles. The van der Waals surface area contributed by atoms with E-state index in [9.17, 15) is 0 Å². The number of likely N-dealkylation sites (tertiary alicyclic amines) is 1.